The fourth-order valence-corrected chi connectivity index (χ4v) is 1.39. The Balaban J connectivity index is 2.28. The minimum absolute atomic E-state index is 0.0912. The van der Waals surface area contributed by atoms with Gasteiger partial charge in [-0.3, -0.25) is 4.79 Å². The van der Waals surface area contributed by atoms with Crippen LogP contribution in [0.1, 0.15) is 13.3 Å². The summed E-state index contributed by atoms with van der Waals surface area (Å²) in [6, 6.07) is 0. The van der Waals surface area contributed by atoms with E-state index in [2.05, 4.69) is 23.3 Å². The Morgan fingerprint density at radius 2 is 2.50 bits per heavy atom. The smallest absolute Gasteiger partial charge is 0.238 e. The molecular formula is C10H17ClN2O. The molecule has 1 amide bonds. The number of rotatable bonds is 3. The number of carbonyl (C=O) groups excluding carboxylic acids is 1. The van der Waals surface area contributed by atoms with Gasteiger partial charge in [0.1, 0.15) is 5.38 Å². The predicted molar refractivity (Wildman–Crippen MR) is 58.5 cm³/mol. The van der Waals surface area contributed by atoms with E-state index >= 15 is 0 Å². The number of hydrogen-bond donors (Lipinski definition) is 1. The van der Waals surface area contributed by atoms with E-state index in [9.17, 15) is 4.79 Å². The minimum atomic E-state index is -0.443. The minimum Gasteiger partial charge on any atom is -0.351 e. The molecule has 0 aromatic carbocycles. The zero-order valence-corrected chi connectivity index (χ0v) is 9.47. The first-order chi connectivity index (χ1) is 6.59. The number of alkyl halides is 1. The van der Waals surface area contributed by atoms with Crippen LogP contribution in [0.25, 0.3) is 0 Å². The van der Waals surface area contributed by atoms with Crippen LogP contribution >= 0.6 is 11.6 Å². The molecule has 3 nitrogen and oxygen atoms in total. The summed E-state index contributed by atoms with van der Waals surface area (Å²) in [5.41, 5.74) is 1.30. The highest BCUT2D eigenvalue weighted by Crippen LogP contribution is 2.07. The van der Waals surface area contributed by atoms with Crippen LogP contribution in [-0.2, 0) is 4.79 Å². The van der Waals surface area contributed by atoms with Crippen molar-refractivity contribution in [1.82, 2.24) is 10.2 Å². The number of likely N-dealkylation sites (N-methyl/N-ethyl adjacent to an activating group) is 1. The molecule has 1 unspecified atom stereocenters. The van der Waals surface area contributed by atoms with Crippen molar-refractivity contribution in [3.8, 4) is 0 Å². The molecule has 0 aromatic heterocycles. The Labute approximate surface area is 90.1 Å². The summed E-state index contributed by atoms with van der Waals surface area (Å²) >= 11 is 5.63. The van der Waals surface area contributed by atoms with Crippen molar-refractivity contribution in [2.24, 2.45) is 0 Å². The van der Waals surface area contributed by atoms with Crippen molar-refractivity contribution in [3.63, 3.8) is 0 Å². The van der Waals surface area contributed by atoms with Gasteiger partial charge in [0.15, 0.2) is 0 Å². The first-order valence-corrected chi connectivity index (χ1v) is 5.31. The molecule has 0 spiro atoms. The average Bonchev–Trinajstić information content (AvgIpc) is 2.16. The maximum Gasteiger partial charge on any atom is 0.238 e. The molecule has 14 heavy (non-hydrogen) atoms. The molecule has 0 aliphatic carbocycles. The lowest BCUT2D eigenvalue weighted by atomic mass is 10.1. The summed E-state index contributed by atoms with van der Waals surface area (Å²) in [4.78, 5) is 13.4. The van der Waals surface area contributed by atoms with Crippen LogP contribution < -0.4 is 5.32 Å². The Bertz CT molecular complexity index is 238. The molecule has 1 atom stereocenters. The van der Waals surface area contributed by atoms with E-state index in [-0.39, 0.29) is 5.91 Å². The normalized spacial score (nSPS) is 20.1. The molecule has 0 saturated carbocycles. The molecule has 4 heteroatoms. The second-order valence-corrected chi connectivity index (χ2v) is 4.36. The second kappa shape index (κ2) is 5.37. The van der Waals surface area contributed by atoms with Crippen molar-refractivity contribution in [3.05, 3.63) is 11.6 Å². The molecule has 0 aromatic rings. The van der Waals surface area contributed by atoms with Gasteiger partial charge in [-0.15, -0.1) is 11.6 Å². The van der Waals surface area contributed by atoms with Crippen LogP contribution in [0.15, 0.2) is 11.6 Å². The Morgan fingerprint density at radius 3 is 3.00 bits per heavy atom. The van der Waals surface area contributed by atoms with Crippen LogP contribution in [0.2, 0.25) is 0 Å². The van der Waals surface area contributed by atoms with E-state index in [1.54, 1.807) is 6.92 Å². The van der Waals surface area contributed by atoms with Gasteiger partial charge >= 0.3 is 0 Å². The summed E-state index contributed by atoms with van der Waals surface area (Å²) in [5.74, 6) is -0.0912. The Kier molecular flexibility index (Phi) is 4.42. The summed E-state index contributed by atoms with van der Waals surface area (Å²) in [6.45, 7) is 4.36. The van der Waals surface area contributed by atoms with Gasteiger partial charge in [0.25, 0.3) is 0 Å². The topological polar surface area (TPSA) is 32.3 Å². The maximum absolute atomic E-state index is 11.2. The molecule has 0 radical (unpaired) electrons. The van der Waals surface area contributed by atoms with Gasteiger partial charge in [-0.25, -0.2) is 0 Å². The number of halogens is 1. The third kappa shape index (κ3) is 3.68. The van der Waals surface area contributed by atoms with Crippen molar-refractivity contribution in [1.29, 1.82) is 0 Å². The Hall–Kier alpha value is -0.540. The van der Waals surface area contributed by atoms with Crippen molar-refractivity contribution in [2.45, 2.75) is 18.7 Å². The van der Waals surface area contributed by atoms with Gasteiger partial charge in [0, 0.05) is 19.6 Å². The van der Waals surface area contributed by atoms with E-state index < -0.39 is 5.38 Å². The third-order valence-electron chi connectivity index (χ3n) is 2.36. The van der Waals surface area contributed by atoms with Gasteiger partial charge in [-0.1, -0.05) is 11.6 Å². The molecule has 1 rings (SSSR count). The first-order valence-electron chi connectivity index (χ1n) is 4.88. The lowest BCUT2D eigenvalue weighted by molar-refractivity contribution is -0.120. The molecule has 1 N–H and O–H groups in total. The van der Waals surface area contributed by atoms with Crippen LogP contribution in [0.3, 0.4) is 0 Å². The SMILES string of the molecule is CC(Cl)C(=O)NCC1=CCN(C)CC1. The highest BCUT2D eigenvalue weighted by atomic mass is 35.5. The fraction of sp³-hybridized carbons (Fsp3) is 0.700. The molecule has 0 fully saturated rings. The van der Waals surface area contributed by atoms with Crippen molar-refractivity contribution < 1.29 is 4.79 Å². The summed E-state index contributed by atoms with van der Waals surface area (Å²) in [5, 5.41) is 2.37. The maximum atomic E-state index is 11.2. The molecule has 80 valence electrons. The molecule has 0 saturated heterocycles. The largest absolute Gasteiger partial charge is 0.351 e. The fourth-order valence-electron chi connectivity index (χ4n) is 1.31. The van der Waals surface area contributed by atoms with Gasteiger partial charge in [0.05, 0.1) is 0 Å². The lowest BCUT2D eigenvalue weighted by Gasteiger charge is -2.22. The summed E-state index contributed by atoms with van der Waals surface area (Å²) < 4.78 is 0. The summed E-state index contributed by atoms with van der Waals surface area (Å²) in [6.07, 6.45) is 3.20. The quantitative estimate of drug-likeness (QED) is 0.564. The number of nitrogens with zero attached hydrogens (tertiary/aromatic N) is 1. The van der Waals surface area contributed by atoms with Crippen LogP contribution in [0.4, 0.5) is 0 Å². The molecule has 1 aliphatic heterocycles. The number of amides is 1. The second-order valence-electron chi connectivity index (χ2n) is 3.71. The number of nitrogens with one attached hydrogen (secondary N) is 1. The molecular weight excluding hydrogens is 200 g/mol. The molecule has 1 aliphatic rings. The zero-order valence-electron chi connectivity index (χ0n) is 8.72. The van der Waals surface area contributed by atoms with E-state index in [1.165, 1.54) is 5.57 Å². The van der Waals surface area contributed by atoms with Gasteiger partial charge in [0.2, 0.25) is 5.91 Å². The molecule has 1 heterocycles. The van der Waals surface area contributed by atoms with E-state index in [4.69, 9.17) is 11.6 Å². The van der Waals surface area contributed by atoms with Crippen LogP contribution in [0, 0.1) is 0 Å². The van der Waals surface area contributed by atoms with Crippen molar-refractivity contribution in [2.75, 3.05) is 26.7 Å². The van der Waals surface area contributed by atoms with E-state index in [1.807, 2.05) is 0 Å². The van der Waals surface area contributed by atoms with Crippen molar-refractivity contribution >= 4 is 17.5 Å². The van der Waals surface area contributed by atoms with Crippen LogP contribution in [0.5, 0.6) is 0 Å². The lowest BCUT2D eigenvalue weighted by Crippen LogP contribution is -2.33. The highest BCUT2D eigenvalue weighted by molar-refractivity contribution is 6.30. The zero-order chi connectivity index (χ0) is 10.6. The number of hydrogen-bond acceptors (Lipinski definition) is 2. The predicted octanol–water partition coefficient (Wildman–Crippen LogP) is 0.992. The average molecular weight is 217 g/mol. The molecule has 0 bridgehead atoms. The summed E-state index contributed by atoms with van der Waals surface area (Å²) in [7, 11) is 2.09. The van der Waals surface area contributed by atoms with Gasteiger partial charge in [-0.2, -0.15) is 0 Å². The highest BCUT2D eigenvalue weighted by Gasteiger charge is 2.11. The Morgan fingerprint density at radius 1 is 1.79 bits per heavy atom. The first kappa shape index (κ1) is 11.5. The van der Waals surface area contributed by atoms with E-state index in [0.717, 1.165) is 19.5 Å². The van der Waals surface area contributed by atoms with Crippen LogP contribution in [-0.4, -0.2) is 42.9 Å². The number of carbonyl (C=O) groups is 1. The van der Waals surface area contributed by atoms with E-state index in [0.29, 0.717) is 6.54 Å². The van der Waals surface area contributed by atoms with Gasteiger partial charge in [-0.05, 0) is 20.4 Å². The third-order valence-corrected chi connectivity index (χ3v) is 2.56. The standard InChI is InChI=1S/C10H17ClN2O/c1-8(11)10(14)12-7-9-3-5-13(2)6-4-9/h3,8H,4-7H2,1-2H3,(H,12,14). The monoisotopic (exact) mass is 216 g/mol. The van der Waals surface area contributed by atoms with Gasteiger partial charge < -0.3 is 10.2 Å².